The number of nitrogens with zero attached hydrogens (tertiary/aromatic N) is 1. The van der Waals surface area contributed by atoms with Gasteiger partial charge < -0.3 is 31.1 Å². The molecular formula is C33H53N3O5. The molecule has 8 heteroatoms. The lowest BCUT2D eigenvalue weighted by atomic mass is 9.70. The highest BCUT2D eigenvalue weighted by Gasteiger charge is 2.44. The lowest BCUT2D eigenvalue weighted by Crippen LogP contribution is -2.59. The summed E-state index contributed by atoms with van der Waals surface area (Å²) in [6.07, 6.45) is 12.8. The maximum Gasteiger partial charge on any atom is 0.306 e. The number of piperidine rings is 3. The van der Waals surface area contributed by atoms with Crippen LogP contribution in [0.3, 0.4) is 0 Å². The molecule has 0 aromatic rings. The van der Waals surface area contributed by atoms with Gasteiger partial charge in [-0.1, -0.05) is 18.1 Å². The van der Waals surface area contributed by atoms with Crippen molar-refractivity contribution in [2.45, 2.75) is 132 Å². The second-order valence-electron chi connectivity index (χ2n) is 14.4. The summed E-state index contributed by atoms with van der Waals surface area (Å²) < 4.78 is 0. The molecule has 5 aliphatic rings. The molecule has 0 spiro atoms. The monoisotopic (exact) mass is 571 g/mol. The molecular weight excluding hydrogens is 518 g/mol. The molecule has 11 atom stereocenters. The molecule has 0 amide bonds. The second-order valence-corrected chi connectivity index (χ2v) is 14.4. The Kier molecular flexibility index (Phi) is 9.84. The van der Waals surface area contributed by atoms with E-state index in [1.807, 2.05) is 6.08 Å². The number of carbonyl (C=O) groups is 1. The number of carboxylic acids is 1. The van der Waals surface area contributed by atoms with Crippen molar-refractivity contribution in [3.8, 4) is 11.8 Å². The Balaban J connectivity index is 1.32. The van der Waals surface area contributed by atoms with Gasteiger partial charge in [-0.15, -0.1) is 5.92 Å². The van der Waals surface area contributed by atoms with E-state index < -0.39 is 17.7 Å². The fourth-order valence-electron chi connectivity index (χ4n) is 8.55. The van der Waals surface area contributed by atoms with Crippen LogP contribution in [0.1, 0.15) is 90.9 Å². The summed E-state index contributed by atoms with van der Waals surface area (Å²) in [6.45, 7) is 6.47. The van der Waals surface area contributed by atoms with E-state index in [1.54, 1.807) is 6.08 Å². The Morgan fingerprint density at radius 2 is 1.95 bits per heavy atom. The highest BCUT2D eigenvalue weighted by molar-refractivity contribution is 5.68. The number of fused-ring (bicyclic) bond motifs is 5. The molecule has 0 aromatic carbocycles. The summed E-state index contributed by atoms with van der Waals surface area (Å²) in [5.74, 6) is 6.57. The topological polar surface area (TPSA) is 125 Å². The molecule has 1 aliphatic carbocycles. The number of aliphatic hydroxyl groups is 3. The largest absolute Gasteiger partial charge is 0.481 e. The Bertz CT molecular complexity index is 1010. The van der Waals surface area contributed by atoms with Crippen molar-refractivity contribution in [2.75, 3.05) is 19.6 Å². The number of carboxylic acid groups (broad SMARTS) is 1. The van der Waals surface area contributed by atoms with E-state index in [1.165, 1.54) is 6.42 Å². The van der Waals surface area contributed by atoms with E-state index in [4.69, 9.17) is 0 Å². The number of hydrogen-bond donors (Lipinski definition) is 6. The highest BCUT2D eigenvalue weighted by Crippen LogP contribution is 2.40. The van der Waals surface area contributed by atoms with Crippen LogP contribution in [0, 0.1) is 35.5 Å². The summed E-state index contributed by atoms with van der Waals surface area (Å²) in [7, 11) is 0. The lowest BCUT2D eigenvalue weighted by Gasteiger charge is -2.48. The molecule has 4 heterocycles. The Hall–Kier alpha value is -1.47. The van der Waals surface area contributed by atoms with Gasteiger partial charge in [0.2, 0.25) is 0 Å². The van der Waals surface area contributed by atoms with Gasteiger partial charge >= 0.3 is 5.97 Å². The number of rotatable bonds is 5. The maximum atomic E-state index is 11.9. The third kappa shape index (κ3) is 7.55. The number of aliphatic carboxylic acids is 1. The molecule has 8 nitrogen and oxygen atoms in total. The fraction of sp³-hybridized carbons (Fsp3) is 0.848. The zero-order valence-electron chi connectivity index (χ0n) is 25.1. The maximum absolute atomic E-state index is 11.9. The van der Waals surface area contributed by atoms with Gasteiger partial charge in [0.1, 0.15) is 0 Å². The van der Waals surface area contributed by atoms with Crippen LogP contribution in [0.4, 0.5) is 0 Å². The summed E-state index contributed by atoms with van der Waals surface area (Å²) in [5, 5.41) is 50.0. The first kappa shape index (κ1) is 31.0. The summed E-state index contributed by atoms with van der Waals surface area (Å²) in [5.41, 5.74) is -1.62. The smallest absolute Gasteiger partial charge is 0.306 e. The number of hydrogen-bond acceptors (Lipinski definition) is 7. The fourth-order valence-corrected chi connectivity index (χ4v) is 8.55. The van der Waals surface area contributed by atoms with Crippen LogP contribution < -0.4 is 10.6 Å². The van der Waals surface area contributed by atoms with Crippen molar-refractivity contribution in [3.05, 3.63) is 12.2 Å². The number of β-amino-alcohol motifs (C(OH)–C–C–N with tert-alkyl or cyclic N) is 1. The van der Waals surface area contributed by atoms with Crippen molar-refractivity contribution in [1.29, 1.82) is 0 Å². The molecule has 230 valence electrons. The first-order valence-electron chi connectivity index (χ1n) is 16.2. The normalized spacial score (nSPS) is 45.5. The van der Waals surface area contributed by atoms with Crippen molar-refractivity contribution >= 4 is 5.97 Å². The third-order valence-electron chi connectivity index (χ3n) is 11.3. The van der Waals surface area contributed by atoms with Gasteiger partial charge in [-0.2, -0.15) is 0 Å². The molecule has 0 radical (unpaired) electrons. The van der Waals surface area contributed by atoms with E-state index in [0.29, 0.717) is 18.4 Å². The Morgan fingerprint density at radius 1 is 1.12 bits per heavy atom. The Morgan fingerprint density at radius 3 is 2.76 bits per heavy atom. The quantitative estimate of drug-likeness (QED) is 0.220. The van der Waals surface area contributed by atoms with Gasteiger partial charge in [-0.25, -0.2) is 0 Å². The first-order chi connectivity index (χ1) is 19.5. The molecule has 11 unspecified atom stereocenters. The Labute approximate surface area is 246 Å². The van der Waals surface area contributed by atoms with Crippen molar-refractivity contribution in [3.63, 3.8) is 0 Å². The van der Waals surface area contributed by atoms with Gasteiger partial charge in [-0.3, -0.25) is 9.69 Å². The van der Waals surface area contributed by atoms with Crippen LogP contribution >= 0.6 is 0 Å². The van der Waals surface area contributed by atoms with Gasteiger partial charge in [-0.05, 0) is 103 Å². The van der Waals surface area contributed by atoms with Crippen LogP contribution in [-0.2, 0) is 4.79 Å². The van der Waals surface area contributed by atoms with Crippen molar-refractivity contribution < 1.29 is 25.2 Å². The first-order valence-corrected chi connectivity index (χ1v) is 16.2. The minimum Gasteiger partial charge on any atom is -0.481 e. The van der Waals surface area contributed by atoms with Crippen LogP contribution in [0.2, 0.25) is 0 Å². The molecule has 41 heavy (non-hydrogen) atoms. The van der Waals surface area contributed by atoms with Gasteiger partial charge in [0.05, 0.1) is 24.2 Å². The summed E-state index contributed by atoms with van der Waals surface area (Å²) >= 11 is 0. The summed E-state index contributed by atoms with van der Waals surface area (Å²) in [4.78, 5) is 14.4. The number of aliphatic hydroxyl groups excluding tert-OH is 2. The molecule has 0 aromatic heterocycles. The van der Waals surface area contributed by atoms with E-state index in [2.05, 4.69) is 41.2 Å². The van der Waals surface area contributed by atoms with Crippen molar-refractivity contribution in [1.82, 2.24) is 15.5 Å². The van der Waals surface area contributed by atoms with E-state index in [-0.39, 0.29) is 54.4 Å². The summed E-state index contributed by atoms with van der Waals surface area (Å²) in [6, 6.07) is 1.07. The standard InChI is InChI=1S/C33H53N3O5/c1-22-29(37)11-9-28-17-24(12-15-36(22)28)7-6-23-4-3-5-27-19-32(2,13-14-34-27)35-21-33(41,20-31(39)40)26-8-10-30(38)25(16-23)18-26/h8,10,22-30,34-35,37-38,41H,5-7,9,11-21H2,1-2H3,(H,39,40). The minimum atomic E-state index is -1.42. The molecule has 0 saturated carbocycles. The van der Waals surface area contributed by atoms with Crippen LogP contribution in [0.15, 0.2) is 12.2 Å². The van der Waals surface area contributed by atoms with Gasteiger partial charge in [0.15, 0.2) is 0 Å². The zero-order valence-corrected chi connectivity index (χ0v) is 25.1. The lowest BCUT2D eigenvalue weighted by molar-refractivity contribution is -0.145. The average molecular weight is 572 g/mol. The molecule has 4 aliphatic heterocycles. The molecule has 3 saturated heterocycles. The zero-order chi connectivity index (χ0) is 29.2. The minimum absolute atomic E-state index is 0.0664. The predicted molar refractivity (Wildman–Crippen MR) is 159 cm³/mol. The third-order valence-corrected chi connectivity index (χ3v) is 11.3. The van der Waals surface area contributed by atoms with E-state index in [0.717, 1.165) is 70.9 Å². The second kappa shape index (κ2) is 13.0. The SMILES string of the molecule is CC1C(O)CCC2CC(CCC3C#CCC4CC(C)(CCN4)NCC(O)(CC(=O)O)C4C=CC(O)C(C3)C4)CCN21. The van der Waals surface area contributed by atoms with E-state index in [9.17, 15) is 25.2 Å². The average Bonchev–Trinajstić information content (AvgIpc) is 2.93. The van der Waals surface area contributed by atoms with Gasteiger partial charge in [0, 0.05) is 48.5 Å². The van der Waals surface area contributed by atoms with Crippen LogP contribution in [0.5, 0.6) is 0 Å². The van der Waals surface area contributed by atoms with Gasteiger partial charge in [0.25, 0.3) is 0 Å². The molecule has 5 rings (SSSR count). The molecule has 6 N–H and O–H groups in total. The number of nitrogens with one attached hydrogen (secondary N) is 2. The van der Waals surface area contributed by atoms with E-state index >= 15 is 0 Å². The van der Waals surface area contributed by atoms with Crippen LogP contribution in [-0.4, -0.2) is 92.4 Å². The van der Waals surface area contributed by atoms with Crippen molar-refractivity contribution in [2.24, 2.45) is 23.7 Å². The molecule has 3 fully saturated rings. The molecule has 4 bridgehead atoms. The highest BCUT2D eigenvalue weighted by atomic mass is 16.4. The predicted octanol–water partition coefficient (Wildman–Crippen LogP) is 2.66. The van der Waals surface area contributed by atoms with Crippen LogP contribution in [0.25, 0.3) is 0 Å².